The van der Waals surface area contributed by atoms with Gasteiger partial charge in [0.25, 0.3) is 0 Å². The fourth-order valence-corrected chi connectivity index (χ4v) is 3.07. The zero-order chi connectivity index (χ0) is 20.7. The predicted molar refractivity (Wildman–Crippen MR) is 115 cm³/mol. The molecule has 4 nitrogen and oxygen atoms in total. The lowest BCUT2D eigenvalue weighted by atomic mass is 9.99. The van der Waals surface area contributed by atoms with Crippen molar-refractivity contribution >= 4 is 17.6 Å². The van der Waals surface area contributed by atoms with E-state index in [1.54, 1.807) is 18.6 Å². The number of nitrogens with zero attached hydrogens (tertiary/aromatic N) is 2. The maximum atomic E-state index is 13.9. The third-order valence-corrected chi connectivity index (χ3v) is 5.29. The SMILES string of the molecule is C=CCCCOc1cc(F)cc(C)c1-c1cncc(C=N[S+]([O-])C(C)(C)C)c1. The quantitative estimate of drug-likeness (QED) is 0.256. The lowest BCUT2D eigenvalue weighted by Crippen LogP contribution is -2.25. The van der Waals surface area contributed by atoms with Gasteiger partial charge in [-0.2, -0.15) is 0 Å². The number of rotatable bonds is 8. The van der Waals surface area contributed by atoms with Crippen molar-refractivity contribution in [2.45, 2.75) is 45.3 Å². The first-order chi connectivity index (χ1) is 13.2. The summed E-state index contributed by atoms with van der Waals surface area (Å²) in [6, 6.07) is 4.75. The Morgan fingerprint density at radius 3 is 2.71 bits per heavy atom. The van der Waals surface area contributed by atoms with E-state index in [9.17, 15) is 8.94 Å². The Morgan fingerprint density at radius 2 is 2.04 bits per heavy atom. The highest BCUT2D eigenvalue weighted by atomic mass is 32.2. The maximum absolute atomic E-state index is 13.9. The van der Waals surface area contributed by atoms with Crippen LogP contribution in [0.15, 0.2) is 47.6 Å². The van der Waals surface area contributed by atoms with Crippen LogP contribution in [0, 0.1) is 12.7 Å². The van der Waals surface area contributed by atoms with Gasteiger partial charge in [0.15, 0.2) is 0 Å². The topological polar surface area (TPSA) is 57.5 Å². The van der Waals surface area contributed by atoms with E-state index in [0.29, 0.717) is 12.4 Å². The van der Waals surface area contributed by atoms with Gasteiger partial charge in [-0.25, -0.2) is 4.39 Å². The molecule has 0 aliphatic carbocycles. The van der Waals surface area contributed by atoms with Gasteiger partial charge in [0.05, 0.1) is 12.8 Å². The second-order valence-electron chi connectivity index (χ2n) is 7.48. The third kappa shape index (κ3) is 6.17. The molecule has 0 aliphatic rings. The molecular weight excluding hydrogens is 375 g/mol. The van der Waals surface area contributed by atoms with Crippen molar-refractivity contribution in [3.63, 3.8) is 0 Å². The molecule has 0 amide bonds. The highest BCUT2D eigenvalue weighted by Gasteiger charge is 2.25. The Hall–Kier alpha value is -2.18. The van der Waals surface area contributed by atoms with Crippen LogP contribution < -0.4 is 4.74 Å². The largest absolute Gasteiger partial charge is 0.591 e. The molecule has 0 aliphatic heterocycles. The standard InChI is InChI=1S/C22H27FN2O2S/c1-6-7-8-9-27-20-12-19(23)10-16(2)21(20)18-11-17(13-24-15-18)14-25-28(26)22(3,4)5/h6,10-15H,1,7-9H2,2-5H3. The summed E-state index contributed by atoms with van der Waals surface area (Å²) in [6.07, 6.45) is 8.38. The third-order valence-electron chi connectivity index (χ3n) is 3.94. The summed E-state index contributed by atoms with van der Waals surface area (Å²) < 4.78 is 35.6. The number of hydrogen-bond acceptors (Lipinski definition) is 4. The monoisotopic (exact) mass is 402 g/mol. The Morgan fingerprint density at radius 1 is 1.29 bits per heavy atom. The first-order valence-corrected chi connectivity index (χ1v) is 10.3. The molecule has 0 radical (unpaired) electrons. The molecule has 0 fully saturated rings. The van der Waals surface area contributed by atoms with Gasteiger partial charge in [0, 0.05) is 35.2 Å². The Labute approximate surface area is 169 Å². The van der Waals surface area contributed by atoms with Gasteiger partial charge in [0.1, 0.15) is 27.7 Å². The molecule has 150 valence electrons. The first-order valence-electron chi connectivity index (χ1n) is 9.17. The zero-order valence-corrected chi connectivity index (χ0v) is 17.7. The van der Waals surface area contributed by atoms with Crippen molar-refractivity contribution in [1.29, 1.82) is 0 Å². The summed E-state index contributed by atoms with van der Waals surface area (Å²) in [5.41, 5.74) is 3.06. The number of ether oxygens (including phenoxy) is 1. The second-order valence-corrected chi connectivity index (χ2v) is 9.41. The molecule has 0 saturated carbocycles. The number of aromatic nitrogens is 1. The van der Waals surface area contributed by atoms with Gasteiger partial charge < -0.3 is 9.29 Å². The van der Waals surface area contributed by atoms with Gasteiger partial charge in [-0.1, -0.05) is 10.5 Å². The van der Waals surface area contributed by atoms with E-state index in [1.807, 2.05) is 39.8 Å². The summed E-state index contributed by atoms with van der Waals surface area (Å²) in [5, 5.41) is 0. The van der Waals surface area contributed by atoms with Gasteiger partial charge in [-0.15, -0.1) is 6.58 Å². The van der Waals surface area contributed by atoms with Crippen LogP contribution in [0.25, 0.3) is 11.1 Å². The number of pyridine rings is 1. The summed E-state index contributed by atoms with van der Waals surface area (Å²) in [6.45, 7) is 11.6. The van der Waals surface area contributed by atoms with Crippen LogP contribution >= 0.6 is 0 Å². The second kappa shape index (κ2) is 9.85. The van der Waals surface area contributed by atoms with Crippen LogP contribution in [-0.2, 0) is 11.4 Å². The first kappa shape index (κ1) is 22.1. The van der Waals surface area contributed by atoms with Crippen molar-refractivity contribution in [1.82, 2.24) is 4.98 Å². The number of allylic oxidation sites excluding steroid dienone is 1. The van der Waals surface area contributed by atoms with Crippen molar-refractivity contribution < 1.29 is 13.7 Å². The zero-order valence-electron chi connectivity index (χ0n) is 16.9. The minimum atomic E-state index is -1.35. The highest BCUT2D eigenvalue weighted by Crippen LogP contribution is 2.34. The van der Waals surface area contributed by atoms with Gasteiger partial charge in [0.2, 0.25) is 0 Å². The molecule has 1 aromatic heterocycles. The van der Waals surface area contributed by atoms with Crippen molar-refractivity contribution in [2.24, 2.45) is 4.40 Å². The number of unbranched alkanes of at least 4 members (excludes halogenated alkanes) is 1. The molecular formula is C22H27FN2O2S. The van der Waals surface area contributed by atoms with E-state index in [1.165, 1.54) is 12.1 Å². The smallest absolute Gasteiger partial charge is 0.144 e. The molecule has 6 heteroatoms. The van der Waals surface area contributed by atoms with Crippen molar-refractivity contribution in [3.05, 3.63) is 60.2 Å². The fraction of sp³-hybridized carbons (Fsp3) is 0.364. The molecule has 1 aromatic carbocycles. The predicted octanol–water partition coefficient (Wildman–Crippen LogP) is 5.42. The molecule has 0 spiro atoms. The molecule has 0 saturated heterocycles. The summed E-state index contributed by atoms with van der Waals surface area (Å²) in [7, 11) is 0. The van der Waals surface area contributed by atoms with Crippen LogP contribution in [0.5, 0.6) is 5.75 Å². The fourth-order valence-electron chi connectivity index (χ4n) is 2.54. The molecule has 2 rings (SSSR count). The highest BCUT2D eigenvalue weighted by molar-refractivity contribution is 7.91. The van der Waals surface area contributed by atoms with E-state index in [-0.39, 0.29) is 5.82 Å². The van der Waals surface area contributed by atoms with Crippen LogP contribution in [0.1, 0.15) is 44.7 Å². The molecule has 1 unspecified atom stereocenters. The van der Waals surface area contributed by atoms with Crippen LogP contribution in [0.3, 0.4) is 0 Å². The van der Waals surface area contributed by atoms with E-state index in [0.717, 1.165) is 35.1 Å². The van der Waals surface area contributed by atoms with Crippen LogP contribution in [0.2, 0.25) is 0 Å². The number of halogens is 1. The Kier molecular flexibility index (Phi) is 7.78. The lowest BCUT2D eigenvalue weighted by molar-refractivity contribution is 0.311. The molecule has 2 aromatic rings. The minimum Gasteiger partial charge on any atom is -0.591 e. The normalized spacial score (nSPS) is 12.9. The van der Waals surface area contributed by atoms with Crippen LogP contribution in [-0.4, -0.2) is 27.1 Å². The van der Waals surface area contributed by atoms with Gasteiger partial charge in [-0.3, -0.25) is 4.98 Å². The summed E-state index contributed by atoms with van der Waals surface area (Å²) >= 11 is -1.35. The average Bonchev–Trinajstić information content (AvgIpc) is 2.62. The van der Waals surface area contributed by atoms with E-state index >= 15 is 0 Å². The maximum Gasteiger partial charge on any atom is 0.144 e. The summed E-state index contributed by atoms with van der Waals surface area (Å²) in [5.74, 6) is 0.141. The molecule has 0 bridgehead atoms. The number of aryl methyl sites for hydroxylation is 1. The molecule has 1 heterocycles. The lowest BCUT2D eigenvalue weighted by Gasteiger charge is -2.17. The molecule has 0 N–H and O–H groups in total. The van der Waals surface area contributed by atoms with Gasteiger partial charge >= 0.3 is 0 Å². The average molecular weight is 403 g/mol. The van der Waals surface area contributed by atoms with Crippen molar-refractivity contribution in [2.75, 3.05) is 6.61 Å². The summed E-state index contributed by atoms with van der Waals surface area (Å²) in [4.78, 5) is 4.26. The number of benzene rings is 1. The van der Waals surface area contributed by atoms with Crippen molar-refractivity contribution in [3.8, 4) is 16.9 Å². The Bertz CT molecular complexity index is 847. The van der Waals surface area contributed by atoms with E-state index < -0.39 is 16.1 Å². The molecule has 1 atom stereocenters. The molecule has 28 heavy (non-hydrogen) atoms. The Balaban J connectivity index is 2.34. The minimum absolute atomic E-state index is 0.341. The number of hydrogen-bond donors (Lipinski definition) is 0. The van der Waals surface area contributed by atoms with E-state index in [2.05, 4.69) is 16.0 Å². The van der Waals surface area contributed by atoms with Gasteiger partial charge in [-0.05, 0) is 58.2 Å². The van der Waals surface area contributed by atoms with Crippen LogP contribution in [0.4, 0.5) is 4.39 Å². The van der Waals surface area contributed by atoms with E-state index in [4.69, 9.17) is 4.74 Å².